The molecule has 1 saturated carbocycles. The summed E-state index contributed by atoms with van der Waals surface area (Å²) in [7, 11) is 3.82. The fourth-order valence-corrected chi connectivity index (χ4v) is 5.33. The topological polar surface area (TPSA) is 130 Å². The average Bonchev–Trinajstić information content (AvgIpc) is 3.72. The summed E-state index contributed by atoms with van der Waals surface area (Å²) in [5, 5.41) is 5.35. The lowest BCUT2D eigenvalue weighted by atomic mass is 9.96. The van der Waals surface area contributed by atoms with Crippen LogP contribution in [-0.2, 0) is 9.59 Å². The Kier molecular flexibility index (Phi) is 8.08. The van der Waals surface area contributed by atoms with E-state index in [9.17, 15) is 18.8 Å². The Labute approximate surface area is 241 Å². The zero-order valence-electron chi connectivity index (χ0n) is 23.3. The molecule has 2 unspecified atom stereocenters. The third kappa shape index (κ3) is 6.03. The summed E-state index contributed by atoms with van der Waals surface area (Å²) in [6, 6.07) is 12.1. The fourth-order valence-electron chi connectivity index (χ4n) is 5.33. The summed E-state index contributed by atoms with van der Waals surface area (Å²) >= 11 is 0. The van der Waals surface area contributed by atoms with Gasteiger partial charge in [0.25, 0.3) is 0 Å². The van der Waals surface area contributed by atoms with Gasteiger partial charge in [-0.05, 0) is 81.4 Å². The van der Waals surface area contributed by atoms with Crippen LogP contribution in [0.2, 0.25) is 0 Å². The van der Waals surface area contributed by atoms with Crippen LogP contribution in [0.3, 0.4) is 0 Å². The van der Waals surface area contributed by atoms with Gasteiger partial charge in [-0.25, -0.2) is 18.6 Å². The molecule has 12 heteroatoms. The highest BCUT2D eigenvalue weighted by Crippen LogP contribution is 2.60. The molecule has 0 radical (unpaired) electrons. The molecule has 10 nitrogen and oxygen atoms in total. The molecule has 5 rings (SSSR count). The molecule has 2 fully saturated rings. The van der Waals surface area contributed by atoms with E-state index in [2.05, 4.69) is 27.6 Å². The number of hydrogen-bond acceptors (Lipinski definition) is 6. The predicted molar refractivity (Wildman–Crippen MR) is 152 cm³/mol. The van der Waals surface area contributed by atoms with Crippen LogP contribution in [0.5, 0.6) is 11.5 Å². The number of nitrogens with two attached hydrogens (primary N) is 1. The number of urea groups is 1. The molecule has 0 bridgehead atoms. The van der Waals surface area contributed by atoms with Crippen molar-refractivity contribution in [2.24, 2.45) is 11.1 Å². The molecular formula is C30H32F2N6O4. The van der Waals surface area contributed by atoms with Crippen LogP contribution in [0.25, 0.3) is 0 Å². The molecule has 2 aromatic carbocycles. The number of halogens is 2. The number of piperidine rings is 1. The Hall–Kier alpha value is -4.58. The zero-order chi connectivity index (χ0) is 30.0. The quantitative estimate of drug-likeness (QED) is 0.342. The number of nitrogens with zero attached hydrogens (tertiary/aromatic N) is 3. The van der Waals surface area contributed by atoms with Gasteiger partial charge in [-0.1, -0.05) is 6.07 Å². The normalized spacial score (nSPS) is 20.4. The molecule has 2 heterocycles. The highest BCUT2D eigenvalue weighted by atomic mass is 19.1. The van der Waals surface area contributed by atoms with Gasteiger partial charge < -0.3 is 25.6 Å². The standard InChI is InChI=1S/C30H32F2N6O4/c1-37-13-10-20(11-14-37)38(2)29(41)36-26-16-22(9-12-34-26)42-21-7-8-23(25(32)15-21)24-17-30(24,27(33)39)28(40)35-19-5-3-18(31)4-6-19/h3-9,12,15-16,20,24H,10-11,13-14,17H2,1-2H3,(H2,33,39)(H,35,40)(H,34,36,41). The minimum atomic E-state index is -1.63. The first-order chi connectivity index (χ1) is 20.1. The van der Waals surface area contributed by atoms with Gasteiger partial charge >= 0.3 is 6.03 Å². The molecule has 1 saturated heterocycles. The number of amides is 4. The van der Waals surface area contributed by atoms with Gasteiger partial charge in [0.2, 0.25) is 11.8 Å². The smallest absolute Gasteiger partial charge is 0.323 e. The Morgan fingerprint density at radius 2 is 1.71 bits per heavy atom. The molecule has 1 aromatic heterocycles. The second-order valence-corrected chi connectivity index (χ2v) is 10.8. The molecule has 1 aliphatic carbocycles. The Balaban J connectivity index is 1.23. The SMILES string of the molecule is CN1CCC(N(C)C(=O)Nc2cc(Oc3ccc(C4CC4(C(N)=O)C(=O)Nc4ccc(F)cc4)c(F)c3)ccn2)CC1. The predicted octanol–water partition coefficient (Wildman–Crippen LogP) is 4.31. The summed E-state index contributed by atoms with van der Waals surface area (Å²) < 4.78 is 34.3. The summed E-state index contributed by atoms with van der Waals surface area (Å²) in [5.41, 5.74) is 4.40. The summed E-state index contributed by atoms with van der Waals surface area (Å²) in [6.07, 6.45) is 3.28. The average molecular weight is 579 g/mol. The van der Waals surface area contributed by atoms with Crippen LogP contribution in [0, 0.1) is 17.0 Å². The summed E-state index contributed by atoms with van der Waals surface area (Å²) in [4.78, 5) is 46.2. The molecule has 3 aromatic rings. The van der Waals surface area contributed by atoms with E-state index < -0.39 is 34.8 Å². The zero-order valence-corrected chi connectivity index (χ0v) is 23.3. The fraction of sp³-hybridized carbons (Fsp3) is 0.333. The molecule has 4 amide bonds. The van der Waals surface area contributed by atoms with E-state index in [-0.39, 0.29) is 35.6 Å². The lowest BCUT2D eigenvalue weighted by Crippen LogP contribution is -2.46. The third-order valence-corrected chi connectivity index (χ3v) is 8.01. The van der Waals surface area contributed by atoms with Crippen LogP contribution in [0.15, 0.2) is 60.8 Å². The molecule has 42 heavy (non-hydrogen) atoms. The van der Waals surface area contributed by atoms with Gasteiger partial charge in [-0.15, -0.1) is 0 Å². The van der Waals surface area contributed by atoms with Crippen molar-refractivity contribution >= 4 is 29.4 Å². The molecule has 2 aliphatic rings. The number of hydrogen-bond donors (Lipinski definition) is 3. The van der Waals surface area contributed by atoms with Gasteiger partial charge in [-0.2, -0.15) is 0 Å². The number of rotatable bonds is 8. The molecule has 4 N–H and O–H groups in total. The van der Waals surface area contributed by atoms with Crippen molar-refractivity contribution in [1.29, 1.82) is 0 Å². The number of ether oxygens (including phenoxy) is 1. The summed E-state index contributed by atoms with van der Waals surface area (Å²) in [5.74, 6) is -2.69. The van der Waals surface area contributed by atoms with E-state index >= 15 is 4.39 Å². The number of anilines is 2. The van der Waals surface area contributed by atoms with Gasteiger partial charge in [0.15, 0.2) is 0 Å². The van der Waals surface area contributed by atoms with Crippen molar-refractivity contribution in [1.82, 2.24) is 14.8 Å². The number of carbonyl (C=O) groups is 3. The Bertz CT molecular complexity index is 1500. The molecule has 1 aliphatic heterocycles. The lowest BCUT2D eigenvalue weighted by Gasteiger charge is -2.34. The van der Waals surface area contributed by atoms with E-state index in [1.54, 1.807) is 18.0 Å². The van der Waals surface area contributed by atoms with Crippen molar-refractivity contribution in [3.05, 3.63) is 78.0 Å². The molecule has 2 atom stereocenters. The maximum absolute atomic E-state index is 15.2. The van der Waals surface area contributed by atoms with Crippen molar-refractivity contribution in [2.75, 3.05) is 37.8 Å². The summed E-state index contributed by atoms with van der Waals surface area (Å²) in [6.45, 7) is 1.85. The minimum Gasteiger partial charge on any atom is -0.457 e. The number of likely N-dealkylation sites (tertiary alicyclic amines) is 1. The maximum atomic E-state index is 15.2. The van der Waals surface area contributed by atoms with Crippen molar-refractivity contribution in [2.45, 2.75) is 31.2 Å². The lowest BCUT2D eigenvalue weighted by molar-refractivity contribution is -0.132. The van der Waals surface area contributed by atoms with Gasteiger partial charge in [0.05, 0.1) is 0 Å². The van der Waals surface area contributed by atoms with E-state index in [0.717, 1.165) is 32.0 Å². The van der Waals surface area contributed by atoms with Crippen LogP contribution in [-0.4, -0.2) is 65.9 Å². The van der Waals surface area contributed by atoms with Crippen LogP contribution in [0.4, 0.5) is 25.1 Å². The van der Waals surface area contributed by atoms with Gasteiger partial charge in [0, 0.05) is 43.0 Å². The molecule has 220 valence electrons. The highest BCUT2D eigenvalue weighted by molar-refractivity contribution is 6.14. The first-order valence-corrected chi connectivity index (χ1v) is 13.6. The number of primary amides is 1. The highest BCUT2D eigenvalue weighted by Gasteiger charge is 2.66. The second-order valence-electron chi connectivity index (χ2n) is 10.8. The molecule has 0 spiro atoms. The monoisotopic (exact) mass is 578 g/mol. The van der Waals surface area contributed by atoms with Crippen molar-refractivity contribution in [3.63, 3.8) is 0 Å². The van der Waals surface area contributed by atoms with Gasteiger partial charge in [0.1, 0.15) is 34.4 Å². The first-order valence-electron chi connectivity index (χ1n) is 13.6. The van der Waals surface area contributed by atoms with E-state index in [1.807, 2.05) is 0 Å². The molecular weight excluding hydrogens is 546 g/mol. The first kappa shape index (κ1) is 28.9. The third-order valence-electron chi connectivity index (χ3n) is 8.01. The Morgan fingerprint density at radius 3 is 2.38 bits per heavy atom. The van der Waals surface area contributed by atoms with Crippen LogP contribution in [0.1, 0.15) is 30.7 Å². The van der Waals surface area contributed by atoms with E-state index in [1.165, 1.54) is 48.7 Å². The second kappa shape index (κ2) is 11.7. The number of aromatic nitrogens is 1. The largest absolute Gasteiger partial charge is 0.457 e. The number of carbonyl (C=O) groups excluding carboxylic acids is 3. The number of benzene rings is 2. The maximum Gasteiger partial charge on any atom is 0.323 e. The van der Waals surface area contributed by atoms with Crippen LogP contribution < -0.4 is 21.1 Å². The number of nitrogens with one attached hydrogen (secondary N) is 2. The van der Waals surface area contributed by atoms with Crippen molar-refractivity contribution < 1.29 is 27.9 Å². The van der Waals surface area contributed by atoms with Crippen molar-refractivity contribution in [3.8, 4) is 11.5 Å². The minimum absolute atomic E-state index is 0.0336. The van der Waals surface area contributed by atoms with Crippen LogP contribution >= 0.6 is 0 Å². The van der Waals surface area contributed by atoms with Gasteiger partial charge in [-0.3, -0.25) is 14.9 Å². The van der Waals surface area contributed by atoms with E-state index in [0.29, 0.717) is 11.4 Å². The Morgan fingerprint density at radius 1 is 1.02 bits per heavy atom. The number of pyridine rings is 1. The van der Waals surface area contributed by atoms with E-state index in [4.69, 9.17) is 10.5 Å².